The van der Waals surface area contributed by atoms with E-state index in [1.54, 1.807) is 0 Å². The Labute approximate surface area is 87.4 Å². The van der Waals surface area contributed by atoms with E-state index in [9.17, 15) is 4.21 Å². The Hall–Kier alpha value is -0.670. The van der Waals surface area contributed by atoms with Crippen molar-refractivity contribution in [1.82, 2.24) is 0 Å². The van der Waals surface area contributed by atoms with Crippen LogP contribution >= 0.6 is 0 Å². The first-order chi connectivity index (χ1) is 6.79. The van der Waals surface area contributed by atoms with Crippen LogP contribution in [0.1, 0.15) is 24.2 Å². The van der Waals surface area contributed by atoms with Crippen molar-refractivity contribution in [2.45, 2.75) is 18.6 Å². The quantitative estimate of drug-likeness (QED) is 0.809. The summed E-state index contributed by atoms with van der Waals surface area (Å²) in [6.45, 7) is 2.02. The number of benzene rings is 1. The van der Waals surface area contributed by atoms with Gasteiger partial charge in [0.05, 0.1) is 11.9 Å². The molecule has 0 aliphatic rings. The molecule has 1 N–H and O–H groups in total. The van der Waals surface area contributed by atoms with Crippen molar-refractivity contribution in [2.24, 2.45) is 0 Å². The van der Waals surface area contributed by atoms with Crippen LogP contribution in [0.5, 0.6) is 0 Å². The van der Waals surface area contributed by atoms with Crippen LogP contribution in [0.2, 0.25) is 0 Å². The topological polar surface area (TPSA) is 37.3 Å². The predicted molar refractivity (Wildman–Crippen MR) is 59.6 cm³/mol. The summed E-state index contributed by atoms with van der Waals surface area (Å²) in [6.07, 6.45) is 0.844. The van der Waals surface area contributed by atoms with Gasteiger partial charge in [-0.3, -0.25) is 4.21 Å². The van der Waals surface area contributed by atoms with Crippen molar-refractivity contribution >= 4 is 10.8 Å². The Morgan fingerprint density at radius 3 is 2.50 bits per heavy atom. The predicted octanol–water partition coefficient (Wildman–Crippen LogP) is 1.88. The molecule has 2 atom stereocenters. The van der Waals surface area contributed by atoms with Gasteiger partial charge in [-0.1, -0.05) is 37.3 Å². The summed E-state index contributed by atoms with van der Waals surface area (Å²) in [7, 11) is -0.959. The molecule has 1 aromatic rings. The lowest BCUT2D eigenvalue weighted by Crippen LogP contribution is -2.11. The molecule has 0 saturated carbocycles. The maximum Gasteiger partial charge on any atom is 0.0595 e. The summed E-state index contributed by atoms with van der Waals surface area (Å²) in [4.78, 5) is 0. The zero-order valence-electron chi connectivity index (χ0n) is 8.35. The van der Waals surface area contributed by atoms with Gasteiger partial charge in [-0.15, -0.1) is 0 Å². The first-order valence-corrected chi connectivity index (χ1v) is 6.20. The average molecular weight is 212 g/mol. The molecule has 0 heterocycles. The fourth-order valence-corrected chi connectivity index (χ4v) is 2.77. The van der Waals surface area contributed by atoms with Gasteiger partial charge in [0.25, 0.3) is 0 Å². The summed E-state index contributed by atoms with van der Waals surface area (Å²) < 4.78 is 11.7. The molecule has 0 saturated heterocycles. The summed E-state index contributed by atoms with van der Waals surface area (Å²) in [5.41, 5.74) is 1.10. The molecule has 0 aliphatic heterocycles. The summed E-state index contributed by atoms with van der Waals surface area (Å²) in [5.74, 6) is 0.368. The molecule has 1 rings (SSSR count). The summed E-state index contributed by atoms with van der Waals surface area (Å²) in [6, 6.07) is 9.83. The smallest absolute Gasteiger partial charge is 0.0595 e. The van der Waals surface area contributed by atoms with Crippen LogP contribution < -0.4 is 0 Å². The Balaban J connectivity index is 2.77. The molecule has 0 fully saturated rings. The van der Waals surface area contributed by atoms with Crippen LogP contribution in [0.25, 0.3) is 0 Å². The molecular formula is C11H16O2S. The monoisotopic (exact) mass is 212 g/mol. The van der Waals surface area contributed by atoms with Crippen molar-refractivity contribution in [3.8, 4) is 0 Å². The van der Waals surface area contributed by atoms with Gasteiger partial charge in [0, 0.05) is 16.6 Å². The molecule has 2 unspecified atom stereocenters. The van der Waals surface area contributed by atoms with E-state index in [2.05, 4.69) is 0 Å². The minimum Gasteiger partial charge on any atom is -0.395 e. The highest BCUT2D eigenvalue weighted by Gasteiger charge is 2.15. The highest BCUT2D eigenvalue weighted by Crippen LogP contribution is 2.22. The highest BCUT2D eigenvalue weighted by molar-refractivity contribution is 7.85. The van der Waals surface area contributed by atoms with Gasteiger partial charge in [-0.05, 0) is 12.0 Å². The fourth-order valence-electron chi connectivity index (χ4n) is 1.47. The van der Waals surface area contributed by atoms with E-state index < -0.39 is 10.8 Å². The van der Waals surface area contributed by atoms with Gasteiger partial charge >= 0.3 is 0 Å². The standard InChI is InChI=1S/C11H16O2S/c1-2-11(14(13)9-8-12)10-6-4-3-5-7-10/h3-7,11-12H,2,8-9H2,1H3. The maximum absolute atomic E-state index is 11.7. The molecule has 0 amide bonds. The molecular weight excluding hydrogens is 196 g/mol. The minimum absolute atomic E-state index is 0.00402. The normalized spacial score (nSPS) is 15.0. The van der Waals surface area contributed by atoms with Crippen LogP contribution in [0.3, 0.4) is 0 Å². The number of aliphatic hydroxyl groups excluding tert-OH is 1. The second-order valence-corrected chi connectivity index (χ2v) is 4.85. The van der Waals surface area contributed by atoms with E-state index in [-0.39, 0.29) is 11.9 Å². The van der Waals surface area contributed by atoms with Crippen LogP contribution in [0, 0.1) is 0 Å². The van der Waals surface area contributed by atoms with Crippen molar-refractivity contribution in [3.05, 3.63) is 35.9 Å². The Bertz CT molecular complexity index is 285. The van der Waals surface area contributed by atoms with Gasteiger partial charge in [0.2, 0.25) is 0 Å². The van der Waals surface area contributed by atoms with Crippen molar-refractivity contribution in [2.75, 3.05) is 12.4 Å². The van der Waals surface area contributed by atoms with Crippen molar-refractivity contribution < 1.29 is 9.32 Å². The van der Waals surface area contributed by atoms with E-state index in [1.807, 2.05) is 37.3 Å². The Kier molecular flexibility index (Phi) is 4.84. The highest BCUT2D eigenvalue weighted by atomic mass is 32.2. The number of hydrogen-bond acceptors (Lipinski definition) is 2. The number of rotatable bonds is 5. The lowest BCUT2D eigenvalue weighted by molar-refractivity contribution is 0.321. The average Bonchev–Trinajstić information content (AvgIpc) is 2.21. The fraction of sp³-hybridized carbons (Fsp3) is 0.455. The molecule has 0 aliphatic carbocycles. The van der Waals surface area contributed by atoms with Crippen LogP contribution in [-0.2, 0) is 10.8 Å². The van der Waals surface area contributed by atoms with Gasteiger partial charge in [-0.25, -0.2) is 0 Å². The molecule has 3 heteroatoms. The van der Waals surface area contributed by atoms with E-state index in [0.717, 1.165) is 12.0 Å². The first-order valence-electron chi connectivity index (χ1n) is 4.82. The third-order valence-corrected chi connectivity index (χ3v) is 3.98. The van der Waals surface area contributed by atoms with E-state index in [4.69, 9.17) is 5.11 Å². The third-order valence-electron chi connectivity index (χ3n) is 2.15. The van der Waals surface area contributed by atoms with Crippen molar-refractivity contribution in [3.63, 3.8) is 0 Å². The third kappa shape index (κ3) is 2.93. The Morgan fingerprint density at radius 1 is 1.36 bits per heavy atom. The largest absolute Gasteiger partial charge is 0.395 e. The van der Waals surface area contributed by atoms with Gasteiger partial charge in [0.1, 0.15) is 0 Å². The molecule has 0 spiro atoms. The second kappa shape index (κ2) is 5.94. The first kappa shape index (κ1) is 11.4. The van der Waals surface area contributed by atoms with Crippen molar-refractivity contribution in [1.29, 1.82) is 0 Å². The molecule has 14 heavy (non-hydrogen) atoms. The van der Waals surface area contributed by atoms with Crippen LogP contribution in [0.4, 0.5) is 0 Å². The molecule has 78 valence electrons. The maximum atomic E-state index is 11.7. The summed E-state index contributed by atoms with van der Waals surface area (Å²) in [5, 5.41) is 8.79. The van der Waals surface area contributed by atoms with Crippen LogP contribution in [0.15, 0.2) is 30.3 Å². The van der Waals surface area contributed by atoms with E-state index in [0.29, 0.717) is 5.75 Å². The lowest BCUT2D eigenvalue weighted by atomic mass is 10.1. The van der Waals surface area contributed by atoms with E-state index in [1.165, 1.54) is 0 Å². The number of hydrogen-bond donors (Lipinski definition) is 1. The molecule has 0 radical (unpaired) electrons. The zero-order valence-corrected chi connectivity index (χ0v) is 9.17. The minimum atomic E-state index is -0.959. The summed E-state index contributed by atoms with van der Waals surface area (Å²) >= 11 is 0. The molecule has 0 bridgehead atoms. The second-order valence-electron chi connectivity index (χ2n) is 3.12. The van der Waals surface area contributed by atoms with Gasteiger partial charge in [-0.2, -0.15) is 0 Å². The molecule has 2 nitrogen and oxygen atoms in total. The van der Waals surface area contributed by atoms with Crippen LogP contribution in [-0.4, -0.2) is 21.7 Å². The Morgan fingerprint density at radius 2 is 2.00 bits per heavy atom. The van der Waals surface area contributed by atoms with Gasteiger partial charge < -0.3 is 5.11 Å². The van der Waals surface area contributed by atoms with E-state index >= 15 is 0 Å². The van der Waals surface area contributed by atoms with Gasteiger partial charge in [0.15, 0.2) is 0 Å². The molecule has 1 aromatic carbocycles. The zero-order chi connectivity index (χ0) is 10.4. The molecule has 0 aromatic heterocycles. The lowest BCUT2D eigenvalue weighted by Gasteiger charge is -2.13. The number of aliphatic hydroxyl groups is 1. The SMILES string of the molecule is CCC(c1ccccc1)S(=O)CCO.